The molecule has 0 aliphatic carbocycles. The summed E-state index contributed by atoms with van der Waals surface area (Å²) >= 11 is 0. The van der Waals surface area contributed by atoms with Gasteiger partial charge in [-0.25, -0.2) is 4.79 Å². The van der Waals surface area contributed by atoms with E-state index in [2.05, 4.69) is 5.32 Å². The minimum absolute atomic E-state index is 0.0734. The summed E-state index contributed by atoms with van der Waals surface area (Å²) in [5.74, 6) is -0.488. The Kier molecular flexibility index (Phi) is 4.22. The van der Waals surface area contributed by atoms with Gasteiger partial charge in [0.1, 0.15) is 5.60 Å². The molecule has 0 rings (SSSR count). The molecule has 0 aliphatic heterocycles. The van der Waals surface area contributed by atoms with E-state index in [1.54, 1.807) is 20.8 Å². The lowest BCUT2D eigenvalue weighted by Crippen LogP contribution is -2.33. The van der Waals surface area contributed by atoms with Crippen molar-refractivity contribution < 1.29 is 15.7 Å². The van der Waals surface area contributed by atoms with Gasteiger partial charge in [0.25, 0.3) is 0 Å². The predicted octanol–water partition coefficient (Wildman–Crippen LogP) is 0.777. The van der Waals surface area contributed by atoms with E-state index in [-0.39, 0.29) is 12.8 Å². The highest BCUT2D eigenvalue weighted by Crippen LogP contribution is 2.06. The Balaban J connectivity index is 3.81. The van der Waals surface area contributed by atoms with Crippen molar-refractivity contribution in [1.29, 1.82) is 0 Å². The van der Waals surface area contributed by atoms with E-state index >= 15 is 0 Å². The molecule has 3 N–H and O–H groups in total. The second-order valence-electron chi connectivity index (χ2n) is 3.86. The predicted molar refractivity (Wildman–Crippen MR) is 52.7 cm³/mol. The normalized spacial score (nSPS) is 14.1. The number of amides is 2. The third-order valence-electron chi connectivity index (χ3n) is 1.15. The molecule has 0 aliphatic rings. The van der Waals surface area contributed by atoms with Crippen molar-refractivity contribution in [3.63, 3.8) is 0 Å². The van der Waals surface area contributed by atoms with Gasteiger partial charge in [0.15, 0.2) is 0 Å². The molecule has 0 heterocycles. The fourth-order valence-corrected chi connectivity index (χ4v) is 0.677. The minimum Gasteiger partial charge on any atom is -0.444 e. The first-order chi connectivity index (χ1) is 6.70. The Morgan fingerprint density at radius 3 is 2.50 bits per heavy atom. The van der Waals surface area contributed by atoms with Gasteiger partial charge in [-0.3, -0.25) is 4.79 Å². The second-order valence-corrected chi connectivity index (χ2v) is 3.86. The maximum Gasteiger partial charge on any atom is 0.407 e. The number of carbonyl (C=O) groups is 2. The Labute approximate surface area is 85.4 Å². The molecule has 82 valence electrons. The van der Waals surface area contributed by atoms with Crippen LogP contribution in [-0.4, -0.2) is 24.1 Å². The molecule has 5 nitrogen and oxygen atoms in total. The summed E-state index contributed by atoms with van der Waals surface area (Å²) in [6.45, 7) is 4.33. The Hall–Kier alpha value is -1.26. The van der Waals surface area contributed by atoms with Crippen LogP contribution in [0.2, 0.25) is 0 Å². The number of hydrogen-bond donors (Lipinski definition) is 2. The van der Waals surface area contributed by atoms with E-state index in [4.69, 9.17) is 11.8 Å². The Morgan fingerprint density at radius 1 is 1.50 bits per heavy atom. The number of carbonyl (C=O) groups excluding carboxylic acids is 2. The van der Waals surface area contributed by atoms with E-state index in [0.717, 1.165) is 0 Å². The van der Waals surface area contributed by atoms with Crippen LogP contribution < -0.4 is 11.1 Å². The number of alkyl carbamates (subject to hydrolysis) is 1. The largest absolute Gasteiger partial charge is 0.444 e. The number of rotatable bonds is 4. The molecule has 0 fully saturated rings. The van der Waals surface area contributed by atoms with Crippen molar-refractivity contribution >= 4 is 12.0 Å². The molecular weight excluding hydrogens is 184 g/mol. The van der Waals surface area contributed by atoms with E-state index < -0.39 is 24.1 Å². The monoisotopic (exact) mass is 203 g/mol. The van der Waals surface area contributed by atoms with Crippen molar-refractivity contribution in [1.82, 2.24) is 5.32 Å². The average Bonchev–Trinajstić information content (AvgIpc) is 1.96. The lowest BCUT2D eigenvalue weighted by atomic mass is 10.2. The molecule has 1 unspecified atom stereocenters. The molecule has 0 aromatic carbocycles. The highest BCUT2D eigenvalue weighted by Gasteiger charge is 2.15. The lowest BCUT2D eigenvalue weighted by molar-refractivity contribution is -0.118. The average molecular weight is 203 g/mol. The van der Waals surface area contributed by atoms with Crippen molar-refractivity contribution in [2.24, 2.45) is 5.73 Å². The van der Waals surface area contributed by atoms with Gasteiger partial charge >= 0.3 is 6.09 Å². The Bertz CT molecular complexity index is 238. The van der Waals surface area contributed by atoms with Crippen LogP contribution in [0.1, 0.15) is 35.0 Å². The zero-order valence-corrected chi connectivity index (χ0v) is 8.79. The molecule has 0 aromatic rings. The van der Waals surface area contributed by atoms with Crippen LogP contribution in [0.4, 0.5) is 4.79 Å². The topological polar surface area (TPSA) is 81.4 Å². The summed E-state index contributed by atoms with van der Waals surface area (Å²) in [5, 5.41) is 2.29. The molecular formula is C9H18N2O3. The van der Waals surface area contributed by atoms with E-state index in [1.165, 1.54) is 0 Å². The second kappa shape index (κ2) is 5.47. The third-order valence-corrected chi connectivity index (χ3v) is 1.15. The highest BCUT2D eigenvalue weighted by molar-refractivity contribution is 5.73. The summed E-state index contributed by atoms with van der Waals surface area (Å²) in [4.78, 5) is 21.6. The summed E-state index contributed by atoms with van der Waals surface area (Å²) in [7, 11) is 0. The Morgan fingerprint density at radius 2 is 2.07 bits per heavy atom. The van der Waals surface area contributed by atoms with Crippen LogP contribution in [0.25, 0.3) is 0 Å². The van der Waals surface area contributed by atoms with Crippen molar-refractivity contribution in [2.45, 2.75) is 39.2 Å². The van der Waals surface area contributed by atoms with Gasteiger partial charge in [0.05, 0.1) is 0 Å². The number of nitrogens with two attached hydrogens (primary N) is 1. The van der Waals surface area contributed by atoms with Crippen LogP contribution >= 0.6 is 0 Å². The molecule has 0 radical (unpaired) electrons. The van der Waals surface area contributed by atoms with Crippen molar-refractivity contribution in [2.75, 3.05) is 6.52 Å². The maximum absolute atomic E-state index is 11.1. The fraction of sp³-hybridized carbons (Fsp3) is 0.778. The molecule has 14 heavy (non-hydrogen) atoms. The van der Waals surface area contributed by atoms with Gasteiger partial charge in [0.2, 0.25) is 5.91 Å². The maximum atomic E-state index is 11.1. The van der Waals surface area contributed by atoms with Gasteiger partial charge in [0, 0.05) is 14.3 Å². The fourth-order valence-electron chi connectivity index (χ4n) is 0.677. The van der Waals surface area contributed by atoms with Crippen LogP contribution in [0, 0.1) is 0 Å². The highest BCUT2D eigenvalue weighted by atomic mass is 16.6. The zero-order valence-electron chi connectivity index (χ0n) is 9.79. The summed E-state index contributed by atoms with van der Waals surface area (Å²) in [6.07, 6.45) is -0.398. The quantitative estimate of drug-likeness (QED) is 0.708. The summed E-state index contributed by atoms with van der Waals surface area (Å²) in [6, 6.07) is 0. The molecule has 0 aromatic heterocycles. The van der Waals surface area contributed by atoms with Crippen LogP contribution in [0.15, 0.2) is 0 Å². The van der Waals surface area contributed by atoms with Gasteiger partial charge < -0.3 is 15.8 Å². The standard InChI is InChI=1S/C9H18N2O3/c1-9(2,3)14-8(13)11-6-4-5-7(10)12/h4-6H2,1-3H3,(H2,10,12)(H,11,13)/i6D. The number of primary amides is 1. The number of hydrogen-bond acceptors (Lipinski definition) is 3. The van der Waals surface area contributed by atoms with Gasteiger partial charge in [-0.15, -0.1) is 0 Å². The smallest absolute Gasteiger partial charge is 0.407 e. The van der Waals surface area contributed by atoms with Crippen molar-refractivity contribution in [3.05, 3.63) is 0 Å². The summed E-state index contributed by atoms with van der Waals surface area (Å²) in [5.41, 5.74) is 4.32. The molecule has 0 bridgehead atoms. The van der Waals surface area contributed by atoms with E-state index in [1.807, 2.05) is 0 Å². The third kappa shape index (κ3) is 8.83. The molecule has 2 amide bonds. The van der Waals surface area contributed by atoms with Gasteiger partial charge in [-0.2, -0.15) is 0 Å². The molecule has 1 atom stereocenters. The molecule has 0 saturated heterocycles. The first-order valence-electron chi connectivity index (χ1n) is 4.98. The van der Waals surface area contributed by atoms with Crippen LogP contribution in [0.3, 0.4) is 0 Å². The van der Waals surface area contributed by atoms with Gasteiger partial charge in [-0.05, 0) is 27.2 Å². The summed E-state index contributed by atoms with van der Waals surface area (Å²) < 4.78 is 12.3. The molecule has 0 saturated carbocycles. The van der Waals surface area contributed by atoms with Gasteiger partial charge in [-0.1, -0.05) is 0 Å². The van der Waals surface area contributed by atoms with E-state index in [9.17, 15) is 9.59 Å². The first kappa shape index (κ1) is 10.8. The molecule has 5 heteroatoms. The first-order valence-corrected chi connectivity index (χ1v) is 4.41. The van der Waals surface area contributed by atoms with Crippen molar-refractivity contribution in [3.8, 4) is 0 Å². The van der Waals surface area contributed by atoms with E-state index in [0.29, 0.717) is 0 Å². The SMILES string of the molecule is [2H]C(CCC(N)=O)NC(=O)OC(C)(C)C. The number of ether oxygens (including phenoxy) is 1. The zero-order chi connectivity index (χ0) is 12.1. The minimum atomic E-state index is -0.868. The number of nitrogens with one attached hydrogen (secondary N) is 1. The lowest BCUT2D eigenvalue weighted by Gasteiger charge is -2.19. The van der Waals surface area contributed by atoms with Crippen LogP contribution in [0.5, 0.6) is 0 Å². The molecule has 0 spiro atoms. The van der Waals surface area contributed by atoms with Crippen LogP contribution in [-0.2, 0) is 9.53 Å².